The molecule has 3 nitrogen and oxygen atoms in total. The normalized spacial score (nSPS) is 17.7. The van der Waals surface area contributed by atoms with E-state index in [1.165, 1.54) is 11.1 Å². The monoisotopic (exact) mass is 282 g/mol. The molecule has 1 N–H and O–H groups in total. The van der Waals surface area contributed by atoms with Gasteiger partial charge in [0, 0.05) is 25.0 Å². The molecule has 21 heavy (non-hydrogen) atoms. The number of aromatic nitrogens is 1. The molecule has 3 heteroatoms. The van der Waals surface area contributed by atoms with Crippen molar-refractivity contribution in [1.82, 2.24) is 9.88 Å². The molecule has 0 fully saturated rings. The van der Waals surface area contributed by atoms with Gasteiger partial charge in [0.15, 0.2) is 0 Å². The van der Waals surface area contributed by atoms with E-state index in [2.05, 4.69) is 35.0 Å². The summed E-state index contributed by atoms with van der Waals surface area (Å²) in [5.74, 6) is 0.456. The van der Waals surface area contributed by atoms with Gasteiger partial charge in [0.25, 0.3) is 0 Å². The number of rotatable bonds is 4. The minimum atomic E-state index is 0.456. The van der Waals surface area contributed by atoms with Crippen LogP contribution in [0.1, 0.15) is 30.0 Å². The molecule has 0 spiro atoms. The SMILES string of the molecule is CCN(Cc1ccncc1)C1CCc2cccc(O)c2C1. The Morgan fingerprint density at radius 1 is 1.24 bits per heavy atom. The molecule has 110 valence electrons. The summed E-state index contributed by atoms with van der Waals surface area (Å²) < 4.78 is 0. The molecule has 1 atom stereocenters. The molecule has 1 aliphatic carbocycles. The van der Waals surface area contributed by atoms with Crippen LogP contribution >= 0.6 is 0 Å². The Bertz CT molecular complexity index is 597. The standard InChI is InChI=1S/C18H22N2O/c1-2-20(13-14-8-10-19-11-9-14)16-7-6-15-4-3-5-18(21)17(15)12-16/h3-5,8-11,16,21H,2,6-7,12-13H2,1H3. The molecular formula is C18H22N2O. The molecule has 1 heterocycles. The van der Waals surface area contributed by atoms with Crippen LogP contribution in [0.25, 0.3) is 0 Å². The second kappa shape index (κ2) is 6.27. The number of phenolic OH excluding ortho intramolecular Hbond substituents is 1. The zero-order valence-corrected chi connectivity index (χ0v) is 12.5. The molecule has 0 amide bonds. The van der Waals surface area contributed by atoms with E-state index in [4.69, 9.17) is 0 Å². The molecule has 0 radical (unpaired) electrons. The lowest BCUT2D eigenvalue weighted by Gasteiger charge is -2.34. The summed E-state index contributed by atoms with van der Waals surface area (Å²) in [4.78, 5) is 6.59. The largest absolute Gasteiger partial charge is 0.508 e. The Labute approximate surface area is 126 Å². The summed E-state index contributed by atoms with van der Waals surface area (Å²) in [7, 11) is 0. The number of aryl methyl sites for hydroxylation is 1. The van der Waals surface area contributed by atoms with E-state index in [0.717, 1.165) is 37.9 Å². The van der Waals surface area contributed by atoms with Crippen LogP contribution in [-0.4, -0.2) is 27.6 Å². The topological polar surface area (TPSA) is 36.4 Å². The van der Waals surface area contributed by atoms with E-state index in [1.807, 2.05) is 18.5 Å². The van der Waals surface area contributed by atoms with Crippen LogP contribution in [0, 0.1) is 0 Å². The molecule has 1 aromatic carbocycles. The van der Waals surface area contributed by atoms with Crippen molar-refractivity contribution in [3.63, 3.8) is 0 Å². The van der Waals surface area contributed by atoms with Gasteiger partial charge in [-0.1, -0.05) is 19.1 Å². The summed E-state index contributed by atoms with van der Waals surface area (Å²) in [5, 5.41) is 10.1. The zero-order valence-electron chi connectivity index (χ0n) is 12.5. The van der Waals surface area contributed by atoms with Crippen molar-refractivity contribution in [2.45, 2.75) is 38.8 Å². The van der Waals surface area contributed by atoms with Gasteiger partial charge >= 0.3 is 0 Å². The number of hydrogen-bond acceptors (Lipinski definition) is 3. The number of phenols is 1. The first-order valence-corrected chi connectivity index (χ1v) is 7.70. The fourth-order valence-corrected chi connectivity index (χ4v) is 3.28. The predicted molar refractivity (Wildman–Crippen MR) is 84.2 cm³/mol. The van der Waals surface area contributed by atoms with Crippen LogP contribution in [0.4, 0.5) is 0 Å². The summed E-state index contributed by atoms with van der Waals surface area (Å²) in [6, 6.07) is 10.6. The molecule has 0 bridgehead atoms. The Hall–Kier alpha value is -1.87. The fraction of sp³-hybridized carbons (Fsp3) is 0.389. The lowest BCUT2D eigenvalue weighted by molar-refractivity contribution is 0.179. The minimum absolute atomic E-state index is 0.456. The van der Waals surface area contributed by atoms with Crippen LogP contribution in [0.5, 0.6) is 5.75 Å². The van der Waals surface area contributed by atoms with Gasteiger partial charge in [0.1, 0.15) is 5.75 Å². The van der Waals surface area contributed by atoms with E-state index in [9.17, 15) is 5.11 Å². The number of aromatic hydroxyl groups is 1. The maximum atomic E-state index is 10.1. The smallest absolute Gasteiger partial charge is 0.119 e. The second-order valence-corrected chi connectivity index (χ2v) is 5.73. The molecule has 2 aromatic rings. The van der Waals surface area contributed by atoms with Gasteiger partial charge in [0.05, 0.1) is 0 Å². The van der Waals surface area contributed by atoms with Gasteiger partial charge in [-0.2, -0.15) is 0 Å². The number of nitrogens with zero attached hydrogens (tertiary/aromatic N) is 2. The predicted octanol–water partition coefficient (Wildman–Crippen LogP) is 3.17. The first kappa shape index (κ1) is 14.1. The van der Waals surface area contributed by atoms with E-state index in [0.29, 0.717) is 11.8 Å². The van der Waals surface area contributed by atoms with Crippen molar-refractivity contribution in [2.24, 2.45) is 0 Å². The molecule has 0 aliphatic heterocycles. The first-order valence-electron chi connectivity index (χ1n) is 7.70. The van der Waals surface area contributed by atoms with Gasteiger partial charge in [-0.3, -0.25) is 9.88 Å². The molecule has 0 saturated heterocycles. The highest BCUT2D eigenvalue weighted by molar-refractivity contribution is 5.41. The Kier molecular flexibility index (Phi) is 4.20. The van der Waals surface area contributed by atoms with Gasteiger partial charge in [0.2, 0.25) is 0 Å². The van der Waals surface area contributed by atoms with Crippen LogP contribution in [0.2, 0.25) is 0 Å². The van der Waals surface area contributed by atoms with Gasteiger partial charge in [-0.05, 0) is 60.7 Å². The highest BCUT2D eigenvalue weighted by Crippen LogP contribution is 2.31. The van der Waals surface area contributed by atoms with Gasteiger partial charge in [-0.25, -0.2) is 0 Å². The van der Waals surface area contributed by atoms with Crippen molar-refractivity contribution in [3.05, 3.63) is 59.4 Å². The lowest BCUT2D eigenvalue weighted by Crippen LogP contribution is -2.38. The summed E-state index contributed by atoms with van der Waals surface area (Å²) in [6.45, 7) is 4.18. The highest BCUT2D eigenvalue weighted by Gasteiger charge is 2.25. The first-order chi connectivity index (χ1) is 10.3. The fourth-order valence-electron chi connectivity index (χ4n) is 3.28. The van der Waals surface area contributed by atoms with Crippen LogP contribution in [0.3, 0.4) is 0 Å². The number of hydrogen-bond donors (Lipinski definition) is 1. The van der Waals surface area contributed by atoms with Crippen LogP contribution < -0.4 is 0 Å². The minimum Gasteiger partial charge on any atom is -0.508 e. The van der Waals surface area contributed by atoms with Crippen LogP contribution in [0.15, 0.2) is 42.7 Å². The Morgan fingerprint density at radius 3 is 2.81 bits per heavy atom. The summed E-state index contributed by atoms with van der Waals surface area (Å²) in [6.07, 6.45) is 6.87. The highest BCUT2D eigenvalue weighted by atomic mass is 16.3. The molecule has 1 unspecified atom stereocenters. The van der Waals surface area contributed by atoms with Crippen molar-refractivity contribution < 1.29 is 5.11 Å². The van der Waals surface area contributed by atoms with E-state index in [1.54, 1.807) is 6.07 Å². The number of benzene rings is 1. The quantitative estimate of drug-likeness (QED) is 0.935. The number of pyridine rings is 1. The average molecular weight is 282 g/mol. The van der Waals surface area contributed by atoms with E-state index >= 15 is 0 Å². The van der Waals surface area contributed by atoms with Crippen LogP contribution in [-0.2, 0) is 19.4 Å². The maximum Gasteiger partial charge on any atom is 0.119 e. The molecule has 1 aliphatic rings. The third-order valence-corrected chi connectivity index (χ3v) is 4.49. The van der Waals surface area contributed by atoms with Crippen molar-refractivity contribution >= 4 is 0 Å². The van der Waals surface area contributed by atoms with Gasteiger partial charge < -0.3 is 5.11 Å². The maximum absolute atomic E-state index is 10.1. The molecule has 3 rings (SSSR count). The van der Waals surface area contributed by atoms with E-state index < -0.39 is 0 Å². The summed E-state index contributed by atoms with van der Waals surface area (Å²) in [5.41, 5.74) is 3.75. The summed E-state index contributed by atoms with van der Waals surface area (Å²) >= 11 is 0. The third kappa shape index (κ3) is 3.08. The zero-order chi connectivity index (χ0) is 14.7. The number of likely N-dealkylation sites (N-methyl/N-ethyl adjacent to an activating group) is 1. The Morgan fingerprint density at radius 2 is 2.05 bits per heavy atom. The Balaban J connectivity index is 1.76. The van der Waals surface area contributed by atoms with Gasteiger partial charge in [-0.15, -0.1) is 0 Å². The van der Waals surface area contributed by atoms with Crippen molar-refractivity contribution in [3.8, 4) is 5.75 Å². The number of fused-ring (bicyclic) bond motifs is 1. The van der Waals surface area contributed by atoms with Crippen molar-refractivity contribution in [2.75, 3.05) is 6.54 Å². The molecule has 1 aromatic heterocycles. The molecular weight excluding hydrogens is 260 g/mol. The lowest BCUT2D eigenvalue weighted by atomic mass is 9.86. The second-order valence-electron chi connectivity index (χ2n) is 5.73. The van der Waals surface area contributed by atoms with Crippen molar-refractivity contribution in [1.29, 1.82) is 0 Å². The third-order valence-electron chi connectivity index (χ3n) is 4.49. The molecule has 0 saturated carbocycles. The van der Waals surface area contributed by atoms with E-state index in [-0.39, 0.29) is 0 Å². The average Bonchev–Trinajstić information content (AvgIpc) is 2.54.